The second-order valence-corrected chi connectivity index (χ2v) is 5.26. The normalized spacial score (nSPS) is 11.2. The van der Waals surface area contributed by atoms with E-state index < -0.39 is 11.6 Å². The van der Waals surface area contributed by atoms with Crippen LogP contribution < -0.4 is 4.74 Å². The summed E-state index contributed by atoms with van der Waals surface area (Å²) in [6, 6.07) is 15.6. The molecule has 0 heterocycles. The van der Waals surface area contributed by atoms with Crippen molar-refractivity contribution in [1.82, 2.24) is 0 Å². The van der Waals surface area contributed by atoms with Crippen molar-refractivity contribution >= 4 is 5.97 Å². The molecule has 0 bridgehead atoms. The third-order valence-corrected chi connectivity index (χ3v) is 3.20. The van der Waals surface area contributed by atoms with Crippen LogP contribution >= 0.6 is 0 Å². The summed E-state index contributed by atoms with van der Waals surface area (Å²) in [5.74, 6) is -0.435. The second-order valence-electron chi connectivity index (χ2n) is 5.26. The number of rotatable bonds is 4. The Bertz CT molecular complexity index is 612. The number of hydrogen-bond donors (Lipinski definition) is 1. The lowest BCUT2D eigenvalue weighted by atomic mass is 10.0. The molecular weight excluding hydrogens is 252 g/mol. The van der Waals surface area contributed by atoms with Crippen LogP contribution in [0.3, 0.4) is 0 Å². The number of carbonyl (C=O) groups is 1. The summed E-state index contributed by atoms with van der Waals surface area (Å²) in [4.78, 5) is 11.0. The Morgan fingerprint density at radius 2 is 1.65 bits per heavy atom. The van der Waals surface area contributed by atoms with Crippen LogP contribution in [0.15, 0.2) is 48.5 Å². The molecule has 0 spiro atoms. The standard InChI is InChI=1S/C17H18O3/c1-12-6-4-5-7-15(12)13-8-10-14(11-9-13)20-17(2,3)16(18)19/h4-11H,1-3H3,(H,18,19). The van der Waals surface area contributed by atoms with Crippen LogP contribution in [0.25, 0.3) is 11.1 Å². The summed E-state index contributed by atoms with van der Waals surface area (Å²) in [5, 5.41) is 9.05. The van der Waals surface area contributed by atoms with E-state index in [2.05, 4.69) is 19.1 Å². The SMILES string of the molecule is Cc1ccccc1-c1ccc(OC(C)(C)C(=O)O)cc1. The molecule has 2 aromatic rings. The van der Waals surface area contributed by atoms with E-state index in [0.717, 1.165) is 11.1 Å². The van der Waals surface area contributed by atoms with Gasteiger partial charge in [-0.3, -0.25) is 0 Å². The fraction of sp³-hybridized carbons (Fsp3) is 0.235. The van der Waals surface area contributed by atoms with E-state index >= 15 is 0 Å². The number of ether oxygens (including phenoxy) is 1. The fourth-order valence-corrected chi connectivity index (χ4v) is 1.94. The maximum atomic E-state index is 11.0. The number of hydrogen-bond acceptors (Lipinski definition) is 2. The quantitative estimate of drug-likeness (QED) is 0.916. The molecule has 2 rings (SSSR count). The van der Waals surface area contributed by atoms with Crippen molar-refractivity contribution in [2.45, 2.75) is 26.4 Å². The predicted octanol–water partition coefficient (Wildman–Crippen LogP) is 3.90. The fourth-order valence-electron chi connectivity index (χ4n) is 1.94. The van der Waals surface area contributed by atoms with Gasteiger partial charge < -0.3 is 9.84 Å². The molecule has 0 amide bonds. The van der Waals surface area contributed by atoms with Crippen LogP contribution in [-0.4, -0.2) is 16.7 Å². The van der Waals surface area contributed by atoms with Gasteiger partial charge in [0.05, 0.1) is 0 Å². The summed E-state index contributed by atoms with van der Waals surface area (Å²) in [5.41, 5.74) is 2.22. The zero-order valence-corrected chi connectivity index (χ0v) is 11.9. The Labute approximate surface area is 118 Å². The van der Waals surface area contributed by atoms with E-state index in [-0.39, 0.29) is 0 Å². The number of carboxylic acid groups (broad SMARTS) is 1. The molecule has 0 aliphatic rings. The lowest BCUT2D eigenvalue weighted by molar-refractivity contribution is -0.152. The van der Waals surface area contributed by atoms with Crippen LogP contribution in [-0.2, 0) is 4.79 Å². The number of benzene rings is 2. The molecule has 0 aliphatic carbocycles. The van der Waals surface area contributed by atoms with Gasteiger partial charge in [-0.1, -0.05) is 36.4 Å². The molecule has 2 aromatic carbocycles. The van der Waals surface area contributed by atoms with Crippen LogP contribution in [0.2, 0.25) is 0 Å². The van der Waals surface area contributed by atoms with Gasteiger partial charge in [0.2, 0.25) is 0 Å². The average molecular weight is 270 g/mol. The molecule has 0 fully saturated rings. The van der Waals surface area contributed by atoms with Gasteiger partial charge in [-0.15, -0.1) is 0 Å². The maximum absolute atomic E-state index is 11.0. The number of aliphatic carboxylic acids is 1. The first-order valence-electron chi connectivity index (χ1n) is 6.48. The average Bonchev–Trinajstić information content (AvgIpc) is 2.40. The van der Waals surface area contributed by atoms with E-state index in [0.29, 0.717) is 5.75 Å². The third kappa shape index (κ3) is 2.99. The van der Waals surface area contributed by atoms with Gasteiger partial charge in [0, 0.05) is 0 Å². The van der Waals surface area contributed by atoms with E-state index in [4.69, 9.17) is 9.84 Å². The highest BCUT2D eigenvalue weighted by molar-refractivity contribution is 5.77. The minimum absolute atomic E-state index is 0.551. The van der Waals surface area contributed by atoms with Crippen molar-refractivity contribution < 1.29 is 14.6 Å². The van der Waals surface area contributed by atoms with Crippen molar-refractivity contribution in [3.63, 3.8) is 0 Å². The molecule has 0 unspecified atom stereocenters. The van der Waals surface area contributed by atoms with Gasteiger partial charge >= 0.3 is 5.97 Å². The summed E-state index contributed by atoms with van der Waals surface area (Å²) in [6.07, 6.45) is 0. The zero-order chi connectivity index (χ0) is 14.8. The third-order valence-electron chi connectivity index (χ3n) is 3.20. The van der Waals surface area contributed by atoms with Crippen molar-refractivity contribution in [1.29, 1.82) is 0 Å². The highest BCUT2D eigenvalue weighted by Gasteiger charge is 2.29. The van der Waals surface area contributed by atoms with E-state index in [1.807, 2.05) is 24.3 Å². The summed E-state index contributed by atoms with van der Waals surface area (Å²) < 4.78 is 5.48. The predicted molar refractivity (Wildman–Crippen MR) is 79.0 cm³/mol. The second kappa shape index (κ2) is 5.37. The molecule has 0 aromatic heterocycles. The Morgan fingerprint density at radius 3 is 2.20 bits per heavy atom. The van der Waals surface area contributed by atoms with E-state index in [9.17, 15) is 4.79 Å². The van der Waals surface area contributed by atoms with Gasteiger partial charge in [-0.05, 0) is 49.6 Å². The van der Waals surface area contributed by atoms with Gasteiger partial charge in [-0.25, -0.2) is 4.79 Å². The van der Waals surface area contributed by atoms with Crippen molar-refractivity contribution in [2.24, 2.45) is 0 Å². The molecule has 0 saturated heterocycles. The molecule has 0 aliphatic heterocycles. The van der Waals surface area contributed by atoms with Crippen molar-refractivity contribution in [2.75, 3.05) is 0 Å². The topological polar surface area (TPSA) is 46.5 Å². The van der Waals surface area contributed by atoms with Gasteiger partial charge in [0.25, 0.3) is 0 Å². The minimum Gasteiger partial charge on any atom is -0.478 e. The summed E-state index contributed by atoms with van der Waals surface area (Å²) >= 11 is 0. The van der Waals surface area contributed by atoms with Crippen LogP contribution in [0, 0.1) is 6.92 Å². The highest BCUT2D eigenvalue weighted by atomic mass is 16.5. The lowest BCUT2D eigenvalue weighted by Crippen LogP contribution is -2.37. The molecule has 0 atom stereocenters. The lowest BCUT2D eigenvalue weighted by Gasteiger charge is -2.21. The highest BCUT2D eigenvalue weighted by Crippen LogP contribution is 2.26. The number of carboxylic acids is 1. The summed E-state index contributed by atoms with van der Waals surface area (Å²) in [7, 11) is 0. The van der Waals surface area contributed by atoms with Crippen LogP contribution in [0.1, 0.15) is 19.4 Å². The first kappa shape index (κ1) is 14.1. The van der Waals surface area contributed by atoms with Crippen LogP contribution in [0.4, 0.5) is 0 Å². The van der Waals surface area contributed by atoms with Gasteiger partial charge in [-0.2, -0.15) is 0 Å². The van der Waals surface area contributed by atoms with Crippen molar-refractivity contribution in [3.8, 4) is 16.9 Å². The molecule has 3 heteroatoms. The van der Waals surface area contributed by atoms with Crippen LogP contribution in [0.5, 0.6) is 5.75 Å². The largest absolute Gasteiger partial charge is 0.478 e. The maximum Gasteiger partial charge on any atom is 0.347 e. The number of aryl methyl sites for hydroxylation is 1. The molecule has 104 valence electrons. The minimum atomic E-state index is -1.23. The van der Waals surface area contributed by atoms with Gasteiger partial charge in [0.15, 0.2) is 5.60 Å². The molecule has 0 radical (unpaired) electrons. The first-order chi connectivity index (χ1) is 9.40. The van der Waals surface area contributed by atoms with E-state index in [1.165, 1.54) is 19.4 Å². The van der Waals surface area contributed by atoms with Gasteiger partial charge in [0.1, 0.15) is 5.75 Å². The Balaban J connectivity index is 2.23. The molecule has 0 saturated carbocycles. The van der Waals surface area contributed by atoms with Crippen molar-refractivity contribution in [3.05, 3.63) is 54.1 Å². The zero-order valence-electron chi connectivity index (χ0n) is 11.9. The Morgan fingerprint density at radius 1 is 1.05 bits per heavy atom. The van der Waals surface area contributed by atoms with E-state index in [1.54, 1.807) is 12.1 Å². The molecule has 20 heavy (non-hydrogen) atoms. The summed E-state index contributed by atoms with van der Waals surface area (Å²) in [6.45, 7) is 5.13. The first-order valence-corrected chi connectivity index (χ1v) is 6.48. The monoisotopic (exact) mass is 270 g/mol. The molecular formula is C17H18O3. The smallest absolute Gasteiger partial charge is 0.347 e. The Hall–Kier alpha value is -2.29. The molecule has 3 nitrogen and oxygen atoms in total. The Kier molecular flexibility index (Phi) is 3.79. The molecule has 1 N–H and O–H groups in total.